The van der Waals surface area contributed by atoms with E-state index < -0.39 is 0 Å². The van der Waals surface area contributed by atoms with Crippen molar-refractivity contribution in [1.82, 2.24) is 0 Å². The van der Waals surface area contributed by atoms with Crippen LogP contribution in [0.3, 0.4) is 0 Å². The number of halogens is 2. The average molecular weight is 321 g/mol. The van der Waals surface area contributed by atoms with E-state index in [-0.39, 0.29) is 5.82 Å². The zero-order valence-electron chi connectivity index (χ0n) is 10.4. The molecule has 0 saturated carbocycles. The fraction of sp³-hybridized carbons (Fsp3) is 0.200. The zero-order valence-corrected chi connectivity index (χ0v) is 12.0. The van der Waals surface area contributed by atoms with E-state index in [2.05, 4.69) is 26.9 Å². The lowest BCUT2D eigenvalue weighted by molar-refractivity contribution is 0.625. The highest BCUT2D eigenvalue weighted by Crippen LogP contribution is 2.35. The Labute approximate surface area is 120 Å². The number of rotatable bonds is 2. The van der Waals surface area contributed by atoms with Crippen LogP contribution in [0.5, 0.6) is 0 Å². The highest BCUT2D eigenvalue weighted by atomic mass is 79.9. The molecule has 0 aromatic heterocycles. The molecule has 0 atom stereocenters. The van der Waals surface area contributed by atoms with Gasteiger partial charge in [-0.2, -0.15) is 0 Å². The number of nitrogens with zero attached hydrogens (tertiary/aromatic N) is 1. The summed E-state index contributed by atoms with van der Waals surface area (Å²) in [6.07, 6.45) is 1.01. The van der Waals surface area contributed by atoms with Gasteiger partial charge in [0.2, 0.25) is 0 Å². The molecular weight excluding hydrogens is 307 g/mol. The van der Waals surface area contributed by atoms with Crippen molar-refractivity contribution >= 4 is 27.3 Å². The molecule has 0 aliphatic carbocycles. The Morgan fingerprint density at radius 1 is 1.26 bits per heavy atom. The van der Waals surface area contributed by atoms with Gasteiger partial charge in [0.05, 0.1) is 11.4 Å². The lowest BCUT2D eigenvalue weighted by atomic mass is 10.1. The summed E-state index contributed by atoms with van der Waals surface area (Å²) in [7, 11) is 0. The van der Waals surface area contributed by atoms with Crippen molar-refractivity contribution in [2.24, 2.45) is 0 Å². The van der Waals surface area contributed by atoms with Gasteiger partial charge in [-0.15, -0.1) is 0 Å². The second-order valence-electron chi connectivity index (χ2n) is 4.76. The third-order valence-corrected chi connectivity index (χ3v) is 4.23. The largest absolute Gasteiger partial charge is 0.397 e. The summed E-state index contributed by atoms with van der Waals surface area (Å²) in [5.41, 5.74) is 10.4. The minimum Gasteiger partial charge on any atom is -0.397 e. The molecule has 2 aromatic rings. The van der Waals surface area contributed by atoms with Gasteiger partial charge in [-0.25, -0.2) is 4.39 Å². The minimum atomic E-state index is -0.225. The third kappa shape index (κ3) is 2.32. The molecule has 0 unspecified atom stereocenters. The van der Waals surface area contributed by atoms with Crippen LogP contribution in [0, 0.1) is 5.82 Å². The molecule has 0 amide bonds. The van der Waals surface area contributed by atoms with Gasteiger partial charge >= 0.3 is 0 Å². The van der Waals surface area contributed by atoms with Crippen molar-refractivity contribution < 1.29 is 4.39 Å². The molecule has 2 N–H and O–H groups in total. The van der Waals surface area contributed by atoms with Crippen LogP contribution in [0.4, 0.5) is 15.8 Å². The molecule has 1 heterocycles. The summed E-state index contributed by atoms with van der Waals surface area (Å²) < 4.78 is 13.9. The molecule has 1 aliphatic rings. The monoisotopic (exact) mass is 320 g/mol. The Kier molecular flexibility index (Phi) is 3.19. The van der Waals surface area contributed by atoms with Gasteiger partial charge in [0.25, 0.3) is 0 Å². The second-order valence-corrected chi connectivity index (χ2v) is 5.62. The summed E-state index contributed by atoms with van der Waals surface area (Å²) >= 11 is 3.41. The lowest BCUT2D eigenvalue weighted by Crippen LogP contribution is -2.20. The first-order valence-corrected chi connectivity index (χ1v) is 7.00. The molecule has 98 valence electrons. The first kappa shape index (κ1) is 12.5. The number of fused-ring (bicyclic) bond motifs is 1. The van der Waals surface area contributed by atoms with Gasteiger partial charge < -0.3 is 10.6 Å². The predicted octanol–water partition coefficient (Wildman–Crippen LogP) is 3.73. The van der Waals surface area contributed by atoms with Gasteiger partial charge in [-0.1, -0.05) is 34.1 Å². The second kappa shape index (κ2) is 4.85. The summed E-state index contributed by atoms with van der Waals surface area (Å²) in [5, 5.41) is 0. The van der Waals surface area contributed by atoms with Crippen LogP contribution in [0.2, 0.25) is 0 Å². The quantitative estimate of drug-likeness (QED) is 0.854. The molecule has 0 bridgehead atoms. The van der Waals surface area contributed by atoms with Crippen molar-refractivity contribution in [3.8, 4) is 0 Å². The maximum atomic E-state index is 13.1. The van der Waals surface area contributed by atoms with E-state index in [0.717, 1.165) is 40.9 Å². The normalized spacial score (nSPS) is 13.7. The molecule has 3 rings (SSSR count). The van der Waals surface area contributed by atoms with Gasteiger partial charge in [0.15, 0.2) is 0 Å². The fourth-order valence-electron chi connectivity index (χ4n) is 2.58. The van der Waals surface area contributed by atoms with Crippen molar-refractivity contribution in [2.45, 2.75) is 13.0 Å². The van der Waals surface area contributed by atoms with Gasteiger partial charge in [-0.05, 0) is 35.7 Å². The molecule has 0 radical (unpaired) electrons. The van der Waals surface area contributed by atoms with Crippen LogP contribution in [0.1, 0.15) is 11.1 Å². The summed E-state index contributed by atoms with van der Waals surface area (Å²) in [5.74, 6) is -0.225. The number of nitrogens with two attached hydrogens (primary N) is 1. The molecule has 19 heavy (non-hydrogen) atoms. The lowest BCUT2D eigenvalue weighted by Gasteiger charge is -2.21. The van der Waals surface area contributed by atoms with E-state index in [1.807, 2.05) is 18.2 Å². The van der Waals surface area contributed by atoms with Crippen molar-refractivity contribution in [3.05, 3.63) is 57.8 Å². The number of para-hydroxylation sites is 1. The van der Waals surface area contributed by atoms with Crippen LogP contribution in [-0.2, 0) is 13.0 Å². The van der Waals surface area contributed by atoms with E-state index in [0.29, 0.717) is 0 Å². The number of anilines is 2. The topological polar surface area (TPSA) is 29.3 Å². The van der Waals surface area contributed by atoms with Crippen molar-refractivity contribution in [1.29, 1.82) is 0 Å². The number of benzene rings is 2. The van der Waals surface area contributed by atoms with E-state index in [4.69, 9.17) is 5.73 Å². The Balaban J connectivity index is 1.91. The van der Waals surface area contributed by atoms with Gasteiger partial charge in [0.1, 0.15) is 5.82 Å². The Hall–Kier alpha value is -1.55. The van der Waals surface area contributed by atoms with Crippen LogP contribution >= 0.6 is 15.9 Å². The van der Waals surface area contributed by atoms with Crippen LogP contribution in [0.25, 0.3) is 0 Å². The van der Waals surface area contributed by atoms with E-state index in [1.54, 1.807) is 0 Å². The van der Waals surface area contributed by atoms with Crippen LogP contribution in [-0.4, -0.2) is 6.54 Å². The van der Waals surface area contributed by atoms with Gasteiger partial charge in [0, 0.05) is 17.6 Å². The first-order chi connectivity index (χ1) is 9.15. The highest BCUT2D eigenvalue weighted by molar-refractivity contribution is 9.10. The van der Waals surface area contributed by atoms with Crippen LogP contribution < -0.4 is 10.6 Å². The third-order valence-electron chi connectivity index (χ3n) is 3.49. The molecule has 0 saturated heterocycles. The smallest absolute Gasteiger partial charge is 0.124 e. The maximum absolute atomic E-state index is 13.1. The minimum absolute atomic E-state index is 0.225. The SMILES string of the molecule is Nc1cccc2c1N(Cc1ccc(F)cc1Br)CC2. The zero-order chi connectivity index (χ0) is 13.4. The average Bonchev–Trinajstić information content (AvgIpc) is 2.77. The number of nitrogen functional groups attached to an aromatic ring is 1. The highest BCUT2D eigenvalue weighted by Gasteiger charge is 2.21. The molecule has 2 aromatic carbocycles. The molecule has 4 heteroatoms. The molecular formula is C15H14BrFN2. The first-order valence-electron chi connectivity index (χ1n) is 6.21. The number of hydrogen-bond acceptors (Lipinski definition) is 2. The van der Waals surface area contributed by atoms with E-state index >= 15 is 0 Å². The Morgan fingerprint density at radius 2 is 2.11 bits per heavy atom. The van der Waals surface area contributed by atoms with Gasteiger partial charge in [-0.3, -0.25) is 0 Å². The standard InChI is InChI=1S/C15H14BrFN2/c16-13-8-12(17)5-4-11(13)9-19-7-6-10-2-1-3-14(18)15(10)19/h1-5,8H,6-7,9,18H2. The summed E-state index contributed by atoms with van der Waals surface area (Å²) in [4.78, 5) is 2.25. The molecule has 2 nitrogen and oxygen atoms in total. The summed E-state index contributed by atoms with van der Waals surface area (Å²) in [6.45, 7) is 1.69. The molecule has 0 spiro atoms. The van der Waals surface area contributed by atoms with E-state index in [1.165, 1.54) is 17.7 Å². The number of hydrogen-bond donors (Lipinski definition) is 1. The van der Waals surface area contributed by atoms with Crippen LogP contribution in [0.15, 0.2) is 40.9 Å². The summed E-state index contributed by atoms with van der Waals surface area (Å²) in [6, 6.07) is 10.8. The van der Waals surface area contributed by atoms with Crippen molar-refractivity contribution in [2.75, 3.05) is 17.2 Å². The fourth-order valence-corrected chi connectivity index (χ4v) is 3.06. The maximum Gasteiger partial charge on any atom is 0.124 e. The van der Waals surface area contributed by atoms with E-state index in [9.17, 15) is 4.39 Å². The Bertz CT molecular complexity index is 628. The molecule has 0 fully saturated rings. The Morgan fingerprint density at radius 3 is 2.89 bits per heavy atom. The molecule has 1 aliphatic heterocycles. The van der Waals surface area contributed by atoms with Crippen molar-refractivity contribution in [3.63, 3.8) is 0 Å². The predicted molar refractivity (Wildman–Crippen MR) is 79.7 cm³/mol.